The molecule has 9 nitrogen and oxygen atoms in total. The molecule has 1 spiro atoms. The standard InChI is InChI=1S/C19H22N4O3.C2HF3O2/c24-18(17-4-8-20-14-22-17)23-9-5-19(6-10-23)11-16(13-26-19)25-12-15-3-1-2-7-21-15;3-2(4,5)1(6)7/h1-4,7-8,14,16H,5-6,9-13H2;(H,6,7). The molecule has 1 atom stereocenters. The fourth-order valence-corrected chi connectivity index (χ4v) is 3.64. The molecule has 0 saturated carbocycles. The number of amides is 1. The fraction of sp³-hybridized carbons (Fsp3) is 0.476. The van der Waals surface area contributed by atoms with E-state index in [9.17, 15) is 18.0 Å². The van der Waals surface area contributed by atoms with Crippen molar-refractivity contribution in [1.29, 1.82) is 0 Å². The van der Waals surface area contributed by atoms with E-state index in [-0.39, 0.29) is 17.6 Å². The number of alkyl halides is 3. The smallest absolute Gasteiger partial charge is 0.475 e. The van der Waals surface area contributed by atoms with Crippen LogP contribution in [0.25, 0.3) is 0 Å². The second-order valence-electron chi connectivity index (χ2n) is 7.64. The molecule has 0 aromatic carbocycles. The molecule has 0 radical (unpaired) electrons. The molecule has 12 heteroatoms. The molecular weight excluding hydrogens is 445 g/mol. The largest absolute Gasteiger partial charge is 0.490 e. The number of aromatic nitrogens is 3. The number of hydrogen-bond donors (Lipinski definition) is 1. The highest BCUT2D eigenvalue weighted by atomic mass is 19.4. The van der Waals surface area contributed by atoms with Crippen LogP contribution in [0.2, 0.25) is 0 Å². The van der Waals surface area contributed by atoms with Crippen molar-refractivity contribution in [2.75, 3.05) is 19.7 Å². The molecule has 2 aromatic rings. The SMILES string of the molecule is O=C(O)C(F)(F)F.O=C(c1ccncn1)N1CCC2(CC1)CC(OCc1ccccn1)CO2. The third kappa shape index (κ3) is 6.93. The number of hydrogen-bond acceptors (Lipinski definition) is 7. The molecule has 1 N–H and O–H groups in total. The van der Waals surface area contributed by atoms with Gasteiger partial charge < -0.3 is 19.5 Å². The Balaban J connectivity index is 0.000000383. The van der Waals surface area contributed by atoms with Crippen molar-refractivity contribution in [1.82, 2.24) is 19.9 Å². The molecule has 1 unspecified atom stereocenters. The van der Waals surface area contributed by atoms with Gasteiger partial charge in [0, 0.05) is 31.9 Å². The average molecular weight is 468 g/mol. The van der Waals surface area contributed by atoms with Gasteiger partial charge in [-0.2, -0.15) is 13.2 Å². The lowest BCUT2D eigenvalue weighted by molar-refractivity contribution is -0.192. The van der Waals surface area contributed by atoms with Gasteiger partial charge in [-0.15, -0.1) is 0 Å². The lowest BCUT2D eigenvalue weighted by Gasteiger charge is -2.38. The van der Waals surface area contributed by atoms with Crippen LogP contribution in [0.3, 0.4) is 0 Å². The molecule has 178 valence electrons. The number of piperidine rings is 1. The van der Waals surface area contributed by atoms with Crippen molar-refractivity contribution >= 4 is 11.9 Å². The number of aliphatic carboxylic acids is 1. The summed E-state index contributed by atoms with van der Waals surface area (Å²) in [5.74, 6) is -2.80. The predicted molar refractivity (Wildman–Crippen MR) is 107 cm³/mol. The van der Waals surface area contributed by atoms with Gasteiger partial charge in [-0.25, -0.2) is 14.8 Å². The highest BCUT2D eigenvalue weighted by molar-refractivity contribution is 5.92. The number of ether oxygens (including phenoxy) is 2. The zero-order valence-corrected chi connectivity index (χ0v) is 17.6. The molecule has 1 amide bonds. The van der Waals surface area contributed by atoms with Crippen LogP contribution in [-0.2, 0) is 20.9 Å². The Labute approximate surface area is 187 Å². The molecule has 2 aliphatic rings. The Morgan fingerprint density at radius 1 is 1.18 bits per heavy atom. The first kappa shape index (κ1) is 24.5. The van der Waals surface area contributed by atoms with E-state index < -0.39 is 12.1 Å². The first-order chi connectivity index (χ1) is 15.7. The summed E-state index contributed by atoms with van der Waals surface area (Å²) in [6.07, 6.45) is 2.30. The molecule has 2 saturated heterocycles. The molecule has 0 bridgehead atoms. The molecule has 33 heavy (non-hydrogen) atoms. The van der Waals surface area contributed by atoms with Gasteiger partial charge in [-0.1, -0.05) is 6.07 Å². The van der Waals surface area contributed by atoms with E-state index in [1.165, 1.54) is 6.33 Å². The van der Waals surface area contributed by atoms with Gasteiger partial charge in [-0.05, 0) is 31.0 Å². The highest BCUT2D eigenvalue weighted by Gasteiger charge is 2.44. The van der Waals surface area contributed by atoms with E-state index in [1.54, 1.807) is 18.5 Å². The Kier molecular flexibility index (Phi) is 7.92. The summed E-state index contributed by atoms with van der Waals surface area (Å²) in [7, 11) is 0. The number of halogens is 3. The van der Waals surface area contributed by atoms with E-state index in [4.69, 9.17) is 19.4 Å². The van der Waals surface area contributed by atoms with E-state index in [0.717, 1.165) is 25.0 Å². The van der Waals surface area contributed by atoms with E-state index >= 15 is 0 Å². The van der Waals surface area contributed by atoms with Crippen LogP contribution in [0.15, 0.2) is 43.0 Å². The predicted octanol–water partition coefficient (Wildman–Crippen LogP) is 2.49. The quantitative estimate of drug-likeness (QED) is 0.728. The van der Waals surface area contributed by atoms with Crippen LogP contribution in [-0.4, -0.2) is 74.4 Å². The van der Waals surface area contributed by atoms with Crippen LogP contribution in [0.5, 0.6) is 0 Å². The summed E-state index contributed by atoms with van der Waals surface area (Å²) in [5, 5.41) is 7.12. The van der Waals surface area contributed by atoms with Gasteiger partial charge in [0.25, 0.3) is 5.91 Å². The summed E-state index contributed by atoms with van der Waals surface area (Å²) < 4.78 is 43.8. The minimum Gasteiger partial charge on any atom is -0.475 e. The maximum Gasteiger partial charge on any atom is 0.490 e. The van der Waals surface area contributed by atoms with Gasteiger partial charge in [0.15, 0.2) is 0 Å². The number of carboxylic acids is 1. The average Bonchev–Trinajstić information content (AvgIpc) is 3.21. The van der Waals surface area contributed by atoms with E-state index in [0.29, 0.717) is 32.0 Å². The minimum atomic E-state index is -5.08. The third-order valence-corrected chi connectivity index (χ3v) is 5.37. The number of nitrogens with zero attached hydrogens (tertiary/aromatic N) is 4. The molecule has 2 fully saturated rings. The Bertz CT molecular complexity index is 923. The summed E-state index contributed by atoms with van der Waals surface area (Å²) in [5.41, 5.74) is 1.20. The fourth-order valence-electron chi connectivity index (χ4n) is 3.64. The van der Waals surface area contributed by atoms with Crippen molar-refractivity contribution in [3.63, 3.8) is 0 Å². The van der Waals surface area contributed by atoms with E-state index in [1.807, 2.05) is 23.1 Å². The Hall–Kier alpha value is -3.12. The summed E-state index contributed by atoms with van der Waals surface area (Å²) in [6, 6.07) is 7.47. The lowest BCUT2D eigenvalue weighted by atomic mass is 9.88. The van der Waals surface area contributed by atoms with Gasteiger partial charge in [-0.3, -0.25) is 9.78 Å². The zero-order valence-electron chi connectivity index (χ0n) is 17.6. The molecule has 0 aliphatic carbocycles. The second kappa shape index (κ2) is 10.7. The lowest BCUT2D eigenvalue weighted by Crippen LogP contribution is -2.46. The minimum absolute atomic E-state index is 0.0387. The van der Waals surface area contributed by atoms with Crippen LogP contribution < -0.4 is 0 Å². The first-order valence-corrected chi connectivity index (χ1v) is 10.2. The maximum atomic E-state index is 12.5. The zero-order chi connectivity index (χ0) is 23.9. The van der Waals surface area contributed by atoms with Crippen LogP contribution in [0.1, 0.15) is 35.4 Å². The number of pyridine rings is 1. The van der Waals surface area contributed by atoms with Gasteiger partial charge in [0.2, 0.25) is 0 Å². The first-order valence-electron chi connectivity index (χ1n) is 10.2. The number of rotatable bonds is 4. The third-order valence-electron chi connectivity index (χ3n) is 5.37. The topological polar surface area (TPSA) is 115 Å². The molecular formula is C21H23F3N4O5. The molecule has 2 aromatic heterocycles. The summed E-state index contributed by atoms with van der Waals surface area (Å²) in [4.78, 5) is 35.4. The van der Waals surface area contributed by atoms with Crippen LogP contribution >= 0.6 is 0 Å². The normalized spacial score (nSPS) is 19.6. The van der Waals surface area contributed by atoms with Crippen molar-refractivity contribution in [2.45, 2.75) is 43.8 Å². The Morgan fingerprint density at radius 3 is 2.48 bits per heavy atom. The monoisotopic (exact) mass is 468 g/mol. The number of likely N-dealkylation sites (tertiary alicyclic amines) is 1. The van der Waals surface area contributed by atoms with Crippen molar-refractivity contribution in [3.8, 4) is 0 Å². The molecule has 2 aliphatic heterocycles. The molecule has 4 heterocycles. The molecule has 4 rings (SSSR count). The second-order valence-corrected chi connectivity index (χ2v) is 7.64. The maximum absolute atomic E-state index is 12.5. The van der Waals surface area contributed by atoms with Gasteiger partial charge in [0.05, 0.1) is 30.6 Å². The van der Waals surface area contributed by atoms with Crippen molar-refractivity contribution < 1.29 is 37.3 Å². The number of carbonyl (C=O) groups is 2. The summed E-state index contributed by atoms with van der Waals surface area (Å²) in [6.45, 7) is 2.46. The van der Waals surface area contributed by atoms with Crippen LogP contribution in [0.4, 0.5) is 13.2 Å². The Morgan fingerprint density at radius 2 is 1.91 bits per heavy atom. The van der Waals surface area contributed by atoms with Crippen LogP contribution in [0, 0.1) is 0 Å². The summed E-state index contributed by atoms with van der Waals surface area (Å²) >= 11 is 0. The number of carboxylic acid groups (broad SMARTS) is 1. The van der Waals surface area contributed by atoms with Gasteiger partial charge in [0.1, 0.15) is 12.0 Å². The van der Waals surface area contributed by atoms with E-state index in [2.05, 4.69) is 15.0 Å². The van der Waals surface area contributed by atoms with Gasteiger partial charge >= 0.3 is 12.1 Å². The van der Waals surface area contributed by atoms with Crippen molar-refractivity contribution in [3.05, 3.63) is 54.4 Å². The van der Waals surface area contributed by atoms with Crippen molar-refractivity contribution in [2.24, 2.45) is 0 Å². The number of carbonyl (C=O) groups excluding carboxylic acids is 1. The highest BCUT2D eigenvalue weighted by Crippen LogP contribution is 2.37.